The van der Waals surface area contributed by atoms with Gasteiger partial charge in [-0.2, -0.15) is 0 Å². The van der Waals surface area contributed by atoms with Crippen LogP contribution in [0.1, 0.15) is 49.8 Å². The highest BCUT2D eigenvalue weighted by molar-refractivity contribution is 5.96. The molecule has 1 atom stereocenters. The van der Waals surface area contributed by atoms with Crippen LogP contribution in [0.5, 0.6) is 5.75 Å². The molecule has 2 aromatic heterocycles. The van der Waals surface area contributed by atoms with Crippen molar-refractivity contribution in [2.24, 2.45) is 0 Å². The fraction of sp³-hybridized carbons (Fsp3) is 0.296. The van der Waals surface area contributed by atoms with Gasteiger partial charge in [-0.1, -0.05) is 5.92 Å². The number of carbonyl (C=O) groups excluding carboxylic acids is 1. The van der Waals surface area contributed by atoms with Crippen LogP contribution in [0.2, 0.25) is 0 Å². The van der Waals surface area contributed by atoms with Gasteiger partial charge >= 0.3 is 0 Å². The van der Waals surface area contributed by atoms with Crippen molar-refractivity contribution in [1.29, 1.82) is 0 Å². The quantitative estimate of drug-likeness (QED) is 0.574. The van der Waals surface area contributed by atoms with Gasteiger partial charge in [-0.25, -0.2) is 4.98 Å². The van der Waals surface area contributed by atoms with E-state index in [1.54, 1.807) is 6.20 Å². The van der Waals surface area contributed by atoms with Gasteiger partial charge in [-0.05, 0) is 56.0 Å². The molecule has 1 aliphatic carbocycles. The maximum Gasteiger partial charge on any atom is 0.227 e. The lowest BCUT2D eigenvalue weighted by Gasteiger charge is -2.28. The Morgan fingerprint density at radius 3 is 2.82 bits per heavy atom. The van der Waals surface area contributed by atoms with Crippen LogP contribution in [0.4, 0.5) is 17.2 Å². The van der Waals surface area contributed by atoms with E-state index in [9.17, 15) is 4.79 Å². The van der Waals surface area contributed by atoms with E-state index < -0.39 is 0 Å². The fourth-order valence-corrected chi connectivity index (χ4v) is 4.83. The van der Waals surface area contributed by atoms with Crippen molar-refractivity contribution in [1.82, 2.24) is 9.97 Å². The monoisotopic (exact) mass is 436 g/mol. The zero-order valence-corrected chi connectivity index (χ0v) is 18.5. The first kappa shape index (κ1) is 19.8. The van der Waals surface area contributed by atoms with Crippen LogP contribution >= 0.6 is 0 Å². The lowest BCUT2D eigenvalue weighted by molar-refractivity contribution is -0.117. The first-order chi connectivity index (χ1) is 16.1. The predicted octanol–water partition coefficient (Wildman–Crippen LogP) is 5.13. The van der Waals surface area contributed by atoms with Crippen LogP contribution in [0.15, 0.2) is 48.9 Å². The Hall–Kier alpha value is -3.85. The van der Waals surface area contributed by atoms with E-state index in [1.807, 2.05) is 48.5 Å². The molecule has 3 aliphatic rings. The predicted molar refractivity (Wildman–Crippen MR) is 128 cm³/mol. The number of nitrogens with zero attached hydrogens (tertiary/aromatic N) is 3. The van der Waals surface area contributed by atoms with Gasteiger partial charge in [0.25, 0.3) is 0 Å². The number of anilines is 3. The Bertz CT molecular complexity index is 1320. The third-order valence-electron chi connectivity index (χ3n) is 6.91. The minimum atomic E-state index is -0.154. The number of aromatic nitrogens is 2. The third kappa shape index (κ3) is 3.32. The van der Waals surface area contributed by atoms with Crippen molar-refractivity contribution >= 4 is 23.1 Å². The molecule has 1 saturated heterocycles. The second kappa shape index (κ2) is 7.35. The number of ether oxygens (including phenoxy) is 1. The number of carbonyl (C=O) groups is 1. The average Bonchev–Trinajstić information content (AvgIpc) is 3.52. The zero-order valence-electron chi connectivity index (χ0n) is 18.5. The normalized spacial score (nSPS) is 19.8. The van der Waals surface area contributed by atoms with E-state index in [-0.39, 0.29) is 17.4 Å². The van der Waals surface area contributed by atoms with Crippen LogP contribution in [0.25, 0.3) is 11.1 Å². The Labute approximate surface area is 193 Å². The number of fused-ring (bicyclic) bond motifs is 3. The molecule has 6 heteroatoms. The number of amides is 1. The number of hydrogen-bond donors (Lipinski definition) is 1. The summed E-state index contributed by atoms with van der Waals surface area (Å²) in [6.45, 7) is 2.80. The molecule has 0 spiro atoms. The summed E-state index contributed by atoms with van der Waals surface area (Å²) in [5.74, 6) is 4.61. The summed E-state index contributed by atoms with van der Waals surface area (Å²) in [5, 5.41) is 3.37. The highest BCUT2D eigenvalue weighted by Gasteiger charge is 2.43. The lowest BCUT2D eigenvalue weighted by Crippen LogP contribution is -2.24. The van der Waals surface area contributed by atoms with Gasteiger partial charge < -0.3 is 15.0 Å². The number of benzene rings is 1. The molecule has 1 amide bonds. The summed E-state index contributed by atoms with van der Waals surface area (Å²) in [6.07, 6.45) is 14.7. The molecule has 33 heavy (non-hydrogen) atoms. The van der Waals surface area contributed by atoms with Gasteiger partial charge in [-0.15, -0.1) is 6.42 Å². The molecule has 0 bridgehead atoms. The third-order valence-corrected chi connectivity index (χ3v) is 6.91. The molecular formula is C27H24N4O2. The molecule has 2 aliphatic heterocycles. The molecule has 1 saturated carbocycles. The van der Waals surface area contributed by atoms with Gasteiger partial charge in [0.2, 0.25) is 5.91 Å². The van der Waals surface area contributed by atoms with Gasteiger partial charge in [0.15, 0.2) is 0 Å². The fourth-order valence-electron chi connectivity index (χ4n) is 4.83. The van der Waals surface area contributed by atoms with Crippen LogP contribution < -0.4 is 15.0 Å². The Morgan fingerprint density at radius 1 is 1.18 bits per heavy atom. The van der Waals surface area contributed by atoms with Crippen LogP contribution in [0.3, 0.4) is 0 Å². The molecule has 164 valence electrons. The molecule has 6 rings (SSSR count). The van der Waals surface area contributed by atoms with E-state index in [1.165, 1.54) is 0 Å². The Balaban J connectivity index is 1.30. The first-order valence-electron chi connectivity index (χ1n) is 11.4. The van der Waals surface area contributed by atoms with Crippen molar-refractivity contribution < 1.29 is 9.53 Å². The maximum absolute atomic E-state index is 12.1. The van der Waals surface area contributed by atoms with Crippen LogP contribution in [-0.4, -0.2) is 22.4 Å². The van der Waals surface area contributed by atoms with Crippen molar-refractivity contribution in [2.75, 3.05) is 16.8 Å². The van der Waals surface area contributed by atoms with Crippen molar-refractivity contribution in [3.05, 3.63) is 60.0 Å². The highest BCUT2D eigenvalue weighted by atomic mass is 16.5. The summed E-state index contributed by atoms with van der Waals surface area (Å²) in [5.41, 5.74) is 5.79. The van der Waals surface area contributed by atoms with E-state index in [4.69, 9.17) is 11.2 Å². The minimum Gasteiger partial charge on any atom is -0.485 e. The smallest absolute Gasteiger partial charge is 0.227 e. The summed E-state index contributed by atoms with van der Waals surface area (Å²) < 4.78 is 6.26. The summed E-state index contributed by atoms with van der Waals surface area (Å²) in [4.78, 5) is 23.0. The Kier molecular flexibility index (Phi) is 4.41. The van der Waals surface area contributed by atoms with E-state index >= 15 is 0 Å². The molecule has 2 fully saturated rings. The summed E-state index contributed by atoms with van der Waals surface area (Å²) >= 11 is 0. The second-order valence-corrected chi connectivity index (χ2v) is 9.06. The maximum atomic E-state index is 12.1. The lowest BCUT2D eigenvalue weighted by atomic mass is 9.94. The molecule has 4 heterocycles. The molecule has 0 radical (unpaired) electrons. The van der Waals surface area contributed by atoms with Gasteiger partial charge in [-0.3, -0.25) is 9.78 Å². The molecule has 6 nitrogen and oxygen atoms in total. The van der Waals surface area contributed by atoms with Crippen molar-refractivity contribution in [3.8, 4) is 29.2 Å². The number of pyridine rings is 2. The van der Waals surface area contributed by atoms with Crippen molar-refractivity contribution in [2.45, 2.75) is 44.1 Å². The number of terminal acetylenes is 1. The molecule has 1 unspecified atom stereocenters. The standard InChI is InChI=1S/C27H24N4O2/c1-3-27(8-9-27)18-11-19(15-28-14-18)30-25-13-22-17(2)33-24-12-20(31-10-4-5-26(31)32)6-7-21(24)23(22)16-29-25/h1,6-7,11-17H,4-5,8-10H2,2H3,(H,29,30). The largest absolute Gasteiger partial charge is 0.485 e. The van der Waals surface area contributed by atoms with Crippen LogP contribution in [0, 0.1) is 12.3 Å². The van der Waals surface area contributed by atoms with Crippen molar-refractivity contribution in [3.63, 3.8) is 0 Å². The second-order valence-electron chi connectivity index (χ2n) is 9.06. The average molecular weight is 437 g/mol. The zero-order chi connectivity index (χ0) is 22.6. The molecule has 3 aromatic rings. The van der Waals surface area contributed by atoms with Gasteiger partial charge in [0.05, 0.1) is 17.3 Å². The number of nitrogens with one attached hydrogen (secondary N) is 1. The SMILES string of the molecule is C#CC1(c2cncc(Nc3cc4c(cn3)-c3ccc(N5CCCC5=O)cc3OC4C)c2)CC1. The topological polar surface area (TPSA) is 67.4 Å². The van der Waals surface area contributed by atoms with Crippen LogP contribution in [-0.2, 0) is 10.2 Å². The molecule has 1 aromatic carbocycles. The van der Waals surface area contributed by atoms with Gasteiger partial charge in [0.1, 0.15) is 17.7 Å². The number of hydrogen-bond acceptors (Lipinski definition) is 5. The summed E-state index contributed by atoms with van der Waals surface area (Å²) in [6, 6.07) is 10.1. The number of rotatable bonds is 4. The first-order valence-corrected chi connectivity index (χ1v) is 11.4. The van der Waals surface area contributed by atoms with E-state index in [2.05, 4.69) is 27.3 Å². The molecular weight excluding hydrogens is 412 g/mol. The van der Waals surface area contributed by atoms with Gasteiger partial charge in [0, 0.05) is 53.8 Å². The Morgan fingerprint density at radius 2 is 2.06 bits per heavy atom. The molecule has 1 N–H and O–H groups in total. The van der Waals surface area contributed by atoms with E-state index in [0.29, 0.717) is 6.42 Å². The summed E-state index contributed by atoms with van der Waals surface area (Å²) in [7, 11) is 0. The highest BCUT2D eigenvalue weighted by Crippen LogP contribution is 2.48. The minimum absolute atomic E-state index is 0.138. The van der Waals surface area contributed by atoms with E-state index in [0.717, 1.165) is 71.0 Å².